The van der Waals surface area contributed by atoms with Crippen molar-refractivity contribution in [3.8, 4) is 0 Å². The minimum Gasteiger partial charge on any atom is -0.258 e. The Bertz CT molecular complexity index is 503. The van der Waals surface area contributed by atoms with Gasteiger partial charge in [0.25, 0.3) is 5.70 Å². The Morgan fingerprint density at radius 3 is 2.50 bits per heavy atom. The predicted octanol–water partition coefficient (Wildman–Crippen LogP) is 3.52. The Morgan fingerprint density at radius 1 is 1.19 bits per heavy atom. The van der Waals surface area contributed by atoms with Gasteiger partial charge in [0.15, 0.2) is 0 Å². The summed E-state index contributed by atoms with van der Waals surface area (Å²) in [5, 5.41) is 12.9. The van der Waals surface area contributed by atoms with E-state index >= 15 is 0 Å². The summed E-state index contributed by atoms with van der Waals surface area (Å²) in [6.45, 7) is 0. The van der Waals surface area contributed by atoms with Crippen molar-refractivity contribution in [1.29, 1.82) is 0 Å². The van der Waals surface area contributed by atoms with Crippen molar-refractivity contribution in [2.45, 2.75) is 0 Å². The molecule has 0 fully saturated rings. The van der Waals surface area contributed by atoms with Crippen molar-refractivity contribution in [3.05, 3.63) is 68.4 Å². The van der Waals surface area contributed by atoms with Crippen molar-refractivity contribution in [3.63, 3.8) is 0 Å². The Hall–Kier alpha value is -1.94. The Kier molecular flexibility index (Phi) is 3.12. The lowest BCUT2D eigenvalue weighted by Gasteiger charge is -1.97. The smallest absolute Gasteiger partial charge is 0.258 e. The van der Waals surface area contributed by atoms with Crippen LogP contribution in [0.25, 0.3) is 11.8 Å². The van der Waals surface area contributed by atoms with Crippen LogP contribution in [0, 0.1) is 10.1 Å². The van der Waals surface area contributed by atoms with Gasteiger partial charge in [-0.2, -0.15) is 0 Å². The lowest BCUT2D eigenvalue weighted by atomic mass is 10.1. The topological polar surface area (TPSA) is 43.1 Å². The molecule has 80 valence electrons. The number of hydrogen-bond donors (Lipinski definition) is 0. The molecule has 16 heavy (non-hydrogen) atoms. The van der Waals surface area contributed by atoms with Crippen LogP contribution in [0.1, 0.15) is 10.4 Å². The van der Waals surface area contributed by atoms with Crippen LogP contribution in [0.15, 0.2) is 47.8 Å². The molecular weight excluding hydrogens is 222 g/mol. The maximum absolute atomic E-state index is 11.0. The summed E-state index contributed by atoms with van der Waals surface area (Å²) in [6, 6.07) is 12.6. The van der Waals surface area contributed by atoms with Gasteiger partial charge < -0.3 is 0 Å². The molecule has 1 aromatic carbocycles. The second-order valence-electron chi connectivity index (χ2n) is 3.17. The van der Waals surface area contributed by atoms with E-state index in [0.29, 0.717) is 5.56 Å². The van der Waals surface area contributed by atoms with E-state index in [0.717, 1.165) is 4.88 Å². The van der Waals surface area contributed by atoms with Crippen molar-refractivity contribution >= 4 is 23.1 Å². The van der Waals surface area contributed by atoms with Gasteiger partial charge in [0, 0.05) is 11.0 Å². The monoisotopic (exact) mass is 231 g/mol. The van der Waals surface area contributed by atoms with Gasteiger partial charge in [-0.3, -0.25) is 10.1 Å². The summed E-state index contributed by atoms with van der Waals surface area (Å²) in [5.41, 5.74) is 0.754. The van der Waals surface area contributed by atoms with Crippen LogP contribution in [0.2, 0.25) is 0 Å². The summed E-state index contributed by atoms with van der Waals surface area (Å²) in [5.74, 6) is 0. The molecule has 0 saturated carbocycles. The molecule has 4 heteroatoms. The zero-order chi connectivity index (χ0) is 11.4. The average molecular weight is 231 g/mol. The summed E-state index contributed by atoms with van der Waals surface area (Å²) < 4.78 is 0. The minimum atomic E-state index is -0.352. The molecule has 0 N–H and O–H groups in total. The Balaban J connectivity index is 2.43. The van der Waals surface area contributed by atoms with Crippen LogP contribution in [0.3, 0.4) is 0 Å². The molecule has 2 rings (SSSR count). The van der Waals surface area contributed by atoms with Crippen molar-refractivity contribution < 1.29 is 4.92 Å². The standard InChI is InChI=1S/C12H9NO2S/c14-13(15)12(9-11-7-4-8-16-11)10-5-2-1-3-6-10/h1-9H/b12-9+. The molecule has 0 radical (unpaired) electrons. The van der Waals surface area contributed by atoms with Gasteiger partial charge in [0.05, 0.1) is 10.5 Å². The number of benzene rings is 1. The number of hydrogen-bond acceptors (Lipinski definition) is 3. The molecule has 1 heterocycles. The van der Waals surface area contributed by atoms with Crippen LogP contribution in [0.4, 0.5) is 0 Å². The molecular formula is C12H9NO2S. The van der Waals surface area contributed by atoms with Gasteiger partial charge in [-0.25, -0.2) is 0 Å². The summed E-state index contributed by atoms with van der Waals surface area (Å²) in [6.07, 6.45) is 1.60. The first-order chi connectivity index (χ1) is 7.77. The molecule has 0 atom stereocenters. The Morgan fingerprint density at radius 2 is 1.94 bits per heavy atom. The molecule has 0 spiro atoms. The summed E-state index contributed by atoms with van der Waals surface area (Å²) in [4.78, 5) is 11.5. The van der Waals surface area contributed by atoms with Crippen molar-refractivity contribution in [2.24, 2.45) is 0 Å². The first kappa shape index (κ1) is 10.6. The fraction of sp³-hybridized carbons (Fsp3) is 0. The molecule has 0 aliphatic carbocycles. The zero-order valence-corrected chi connectivity index (χ0v) is 9.18. The molecule has 3 nitrogen and oxygen atoms in total. The van der Waals surface area contributed by atoms with Crippen molar-refractivity contribution in [2.75, 3.05) is 0 Å². The molecule has 0 unspecified atom stereocenters. The van der Waals surface area contributed by atoms with Gasteiger partial charge in [-0.1, -0.05) is 24.3 Å². The van der Waals surface area contributed by atoms with E-state index < -0.39 is 0 Å². The van der Waals surface area contributed by atoms with Gasteiger partial charge in [-0.15, -0.1) is 11.3 Å². The highest BCUT2D eigenvalue weighted by molar-refractivity contribution is 7.10. The van der Waals surface area contributed by atoms with E-state index in [1.807, 2.05) is 23.6 Å². The fourth-order valence-corrected chi connectivity index (χ4v) is 2.01. The number of nitrogens with zero attached hydrogens (tertiary/aromatic N) is 1. The second-order valence-corrected chi connectivity index (χ2v) is 4.15. The highest BCUT2D eigenvalue weighted by Crippen LogP contribution is 2.20. The van der Waals surface area contributed by atoms with Crippen LogP contribution in [-0.2, 0) is 0 Å². The van der Waals surface area contributed by atoms with Gasteiger partial charge in [-0.05, 0) is 23.6 Å². The highest BCUT2D eigenvalue weighted by atomic mass is 32.1. The SMILES string of the molecule is O=[N+]([O-])/C(=C/c1cccs1)c1ccccc1. The summed E-state index contributed by atoms with van der Waals surface area (Å²) >= 11 is 1.48. The average Bonchev–Trinajstić information content (AvgIpc) is 2.79. The van der Waals surface area contributed by atoms with E-state index in [1.54, 1.807) is 30.3 Å². The van der Waals surface area contributed by atoms with Crippen LogP contribution in [-0.4, -0.2) is 4.92 Å². The van der Waals surface area contributed by atoms with E-state index in [-0.39, 0.29) is 10.6 Å². The number of thiophene rings is 1. The number of nitro groups is 1. The van der Waals surface area contributed by atoms with Gasteiger partial charge in [0.1, 0.15) is 0 Å². The largest absolute Gasteiger partial charge is 0.277 e. The third-order valence-electron chi connectivity index (χ3n) is 2.09. The minimum absolute atomic E-state index is 0.128. The van der Waals surface area contributed by atoms with Crippen molar-refractivity contribution in [1.82, 2.24) is 0 Å². The predicted molar refractivity (Wildman–Crippen MR) is 65.6 cm³/mol. The summed E-state index contributed by atoms with van der Waals surface area (Å²) in [7, 11) is 0. The number of rotatable bonds is 3. The van der Waals surface area contributed by atoms with E-state index in [2.05, 4.69) is 0 Å². The first-order valence-corrected chi connectivity index (χ1v) is 5.60. The molecule has 0 bridgehead atoms. The Labute approximate surface area is 96.8 Å². The normalized spacial score (nSPS) is 11.4. The molecule has 0 amide bonds. The zero-order valence-electron chi connectivity index (χ0n) is 8.37. The van der Waals surface area contributed by atoms with Crippen LogP contribution < -0.4 is 0 Å². The molecule has 0 aliphatic rings. The highest BCUT2D eigenvalue weighted by Gasteiger charge is 2.13. The second kappa shape index (κ2) is 4.72. The fourth-order valence-electron chi connectivity index (χ4n) is 1.36. The lowest BCUT2D eigenvalue weighted by molar-refractivity contribution is -0.374. The molecule has 1 aromatic heterocycles. The van der Waals surface area contributed by atoms with Crippen LogP contribution >= 0.6 is 11.3 Å². The van der Waals surface area contributed by atoms with Gasteiger partial charge >= 0.3 is 0 Å². The van der Waals surface area contributed by atoms with E-state index in [4.69, 9.17) is 0 Å². The lowest BCUT2D eigenvalue weighted by Crippen LogP contribution is -1.96. The maximum Gasteiger partial charge on any atom is 0.277 e. The third kappa shape index (κ3) is 2.35. The molecule has 0 aliphatic heterocycles. The first-order valence-electron chi connectivity index (χ1n) is 4.72. The van der Waals surface area contributed by atoms with E-state index in [9.17, 15) is 10.1 Å². The molecule has 2 aromatic rings. The van der Waals surface area contributed by atoms with Crippen LogP contribution in [0.5, 0.6) is 0 Å². The maximum atomic E-state index is 11.0. The van der Waals surface area contributed by atoms with E-state index in [1.165, 1.54) is 11.3 Å². The quantitative estimate of drug-likeness (QED) is 0.599. The van der Waals surface area contributed by atoms with Gasteiger partial charge in [0.2, 0.25) is 0 Å². The molecule has 0 saturated heterocycles. The third-order valence-corrected chi connectivity index (χ3v) is 2.91.